The van der Waals surface area contributed by atoms with Crippen molar-refractivity contribution in [3.8, 4) is 0 Å². The summed E-state index contributed by atoms with van der Waals surface area (Å²) in [6.45, 7) is 8.08. The van der Waals surface area contributed by atoms with E-state index in [1.54, 1.807) is 0 Å². The molecule has 0 saturated carbocycles. The van der Waals surface area contributed by atoms with Gasteiger partial charge in [0.25, 0.3) is 0 Å². The molecule has 0 rings (SSSR count). The Morgan fingerprint density at radius 3 is 1.81 bits per heavy atom. The Labute approximate surface area is 98.0 Å². The minimum absolute atomic E-state index is 0.0875. The summed E-state index contributed by atoms with van der Waals surface area (Å²) in [5, 5.41) is 24.3. The molecule has 0 aliphatic carbocycles. The average molecular weight is 238 g/mol. The zero-order valence-electron chi connectivity index (χ0n) is 10.6. The van der Waals surface area contributed by atoms with Crippen molar-refractivity contribution in [3.63, 3.8) is 0 Å². The predicted octanol–water partition coefficient (Wildman–Crippen LogP) is 0.0274. The number of hydrogen-bond donors (Lipinski definition) is 3. The third-order valence-electron chi connectivity index (χ3n) is 1.32. The first-order chi connectivity index (χ1) is 7.54. The number of aliphatic hydroxyl groups excluding tert-OH is 3. The minimum Gasteiger partial charge on any atom is -0.394 e. The Morgan fingerprint density at radius 1 is 0.938 bits per heavy atom. The Bertz CT molecular complexity index is 117. The fourth-order valence-electron chi connectivity index (χ4n) is 0.603. The monoisotopic (exact) mass is 238 g/mol. The number of aliphatic hydroxyl groups is 3. The summed E-state index contributed by atoms with van der Waals surface area (Å²) < 4.78 is 10.2. The summed E-state index contributed by atoms with van der Waals surface area (Å²) in [6, 6.07) is 0. The highest BCUT2D eigenvalue weighted by molar-refractivity contribution is 4.39. The summed E-state index contributed by atoms with van der Waals surface area (Å²) in [5.41, 5.74) is 0. The molecule has 0 radical (unpaired) electrons. The van der Waals surface area contributed by atoms with Crippen LogP contribution in [0.4, 0.5) is 0 Å². The van der Waals surface area contributed by atoms with E-state index < -0.39 is 6.10 Å². The Morgan fingerprint density at radius 2 is 1.44 bits per heavy atom. The molecule has 16 heavy (non-hydrogen) atoms. The first-order valence-corrected chi connectivity index (χ1v) is 5.59. The fraction of sp³-hybridized carbons (Fsp3) is 1.00. The maximum Gasteiger partial charge on any atom is 0.0742 e. The van der Waals surface area contributed by atoms with Gasteiger partial charge in [-0.1, -0.05) is 13.8 Å². The van der Waals surface area contributed by atoms with Crippen molar-refractivity contribution in [1.29, 1.82) is 0 Å². The van der Waals surface area contributed by atoms with E-state index in [0.29, 0.717) is 25.7 Å². The lowest BCUT2D eigenvalue weighted by Gasteiger charge is -2.06. The van der Waals surface area contributed by atoms with E-state index in [2.05, 4.69) is 13.8 Å². The maximum absolute atomic E-state index is 8.35. The highest BCUT2D eigenvalue weighted by Gasteiger charge is 1.92. The van der Waals surface area contributed by atoms with Crippen molar-refractivity contribution in [2.24, 2.45) is 5.92 Å². The molecule has 0 saturated heterocycles. The average Bonchev–Trinajstić information content (AvgIpc) is 2.23. The van der Waals surface area contributed by atoms with Crippen LogP contribution in [-0.4, -0.2) is 61.1 Å². The van der Waals surface area contributed by atoms with E-state index in [1.165, 1.54) is 6.92 Å². The van der Waals surface area contributed by atoms with Gasteiger partial charge in [-0.15, -0.1) is 0 Å². The lowest BCUT2D eigenvalue weighted by atomic mass is 10.2. The van der Waals surface area contributed by atoms with Crippen LogP contribution in [-0.2, 0) is 9.47 Å². The van der Waals surface area contributed by atoms with E-state index in [1.807, 2.05) is 0 Å². The summed E-state index contributed by atoms with van der Waals surface area (Å²) in [6.07, 6.45) is -0.560. The van der Waals surface area contributed by atoms with Crippen LogP contribution < -0.4 is 0 Å². The SMILES string of the molecule is CC(C)COCCOCCO.CC(O)CO. The highest BCUT2D eigenvalue weighted by atomic mass is 16.5. The van der Waals surface area contributed by atoms with E-state index in [-0.39, 0.29) is 13.2 Å². The van der Waals surface area contributed by atoms with E-state index >= 15 is 0 Å². The molecule has 100 valence electrons. The molecule has 0 aliphatic rings. The number of hydrogen-bond acceptors (Lipinski definition) is 5. The van der Waals surface area contributed by atoms with Crippen molar-refractivity contribution in [1.82, 2.24) is 0 Å². The van der Waals surface area contributed by atoms with Crippen LogP contribution in [0.25, 0.3) is 0 Å². The third kappa shape index (κ3) is 23.5. The third-order valence-corrected chi connectivity index (χ3v) is 1.32. The molecule has 1 atom stereocenters. The molecule has 0 aliphatic heterocycles. The minimum atomic E-state index is -0.560. The largest absolute Gasteiger partial charge is 0.394 e. The molecule has 3 N–H and O–H groups in total. The topological polar surface area (TPSA) is 79.2 Å². The second-order valence-corrected chi connectivity index (χ2v) is 3.84. The van der Waals surface area contributed by atoms with Crippen molar-refractivity contribution in [2.45, 2.75) is 26.9 Å². The van der Waals surface area contributed by atoms with Gasteiger partial charge in [-0.3, -0.25) is 0 Å². The van der Waals surface area contributed by atoms with Crippen LogP contribution in [0.1, 0.15) is 20.8 Å². The molecule has 0 fully saturated rings. The first-order valence-electron chi connectivity index (χ1n) is 5.59. The lowest BCUT2D eigenvalue weighted by molar-refractivity contribution is 0.0255. The molecule has 5 heteroatoms. The lowest BCUT2D eigenvalue weighted by Crippen LogP contribution is -2.10. The van der Waals surface area contributed by atoms with Crippen LogP contribution in [0.15, 0.2) is 0 Å². The van der Waals surface area contributed by atoms with Gasteiger partial charge in [0.1, 0.15) is 0 Å². The van der Waals surface area contributed by atoms with Gasteiger partial charge in [0, 0.05) is 6.61 Å². The Hall–Kier alpha value is -0.200. The summed E-state index contributed by atoms with van der Waals surface area (Å²) >= 11 is 0. The van der Waals surface area contributed by atoms with Crippen molar-refractivity contribution >= 4 is 0 Å². The fourth-order valence-corrected chi connectivity index (χ4v) is 0.603. The summed E-state index contributed by atoms with van der Waals surface area (Å²) in [5.74, 6) is 0.577. The van der Waals surface area contributed by atoms with E-state index in [4.69, 9.17) is 24.8 Å². The van der Waals surface area contributed by atoms with Crippen LogP contribution in [0, 0.1) is 5.92 Å². The van der Waals surface area contributed by atoms with Gasteiger partial charge < -0.3 is 24.8 Å². The normalized spacial score (nSPS) is 12.2. The molecule has 0 bridgehead atoms. The zero-order valence-corrected chi connectivity index (χ0v) is 10.6. The smallest absolute Gasteiger partial charge is 0.0742 e. The van der Waals surface area contributed by atoms with Crippen LogP contribution >= 0.6 is 0 Å². The molecule has 0 amide bonds. The standard InChI is InChI=1S/C8H18O3.C3H8O2/c1-8(2)7-11-6-5-10-4-3-9;1-3(5)2-4/h8-9H,3-7H2,1-2H3;3-5H,2H2,1H3. The van der Waals surface area contributed by atoms with Gasteiger partial charge in [-0.25, -0.2) is 0 Å². The van der Waals surface area contributed by atoms with Crippen molar-refractivity contribution in [2.75, 3.05) is 39.6 Å². The molecule has 5 nitrogen and oxygen atoms in total. The van der Waals surface area contributed by atoms with Gasteiger partial charge in [0.05, 0.1) is 39.1 Å². The van der Waals surface area contributed by atoms with Crippen LogP contribution in [0.5, 0.6) is 0 Å². The molecule has 0 spiro atoms. The zero-order chi connectivity index (χ0) is 12.8. The van der Waals surface area contributed by atoms with Crippen LogP contribution in [0.3, 0.4) is 0 Å². The van der Waals surface area contributed by atoms with Gasteiger partial charge in [-0.2, -0.15) is 0 Å². The molecular weight excluding hydrogens is 212 g/mol. The van der Waals surface area contributed by atoms with Crippen LogP contribution in [0.2, 0.25) is 0 Å². The number of ether oxygens (including phenoxy) is 2. The maximum atomic E-state index is 8.35. The molecule has 0 heterocycles. The van der Waals surface area contributed by atoms with Crippen molar-refractivity contribution < 1.29 is 24.8 Å². The molecule has 0 aromatic rings. The van der Waals surface area contributed by atoms with E-state index in [0.717, 1.165) is 6.61 Å². The molecule has 1 unspecified atom stereocenters. The second kappa shape index (κ2) is 14.8. The number of rotatable bonds is 8. The first kappa shape index (κ1) is 18.2. The predicted molar refractivity (Wildman–Crippen MR) is 62.3 cm³/mol. The Balaban J connectivity index is 0. The van der Waals surface area contributed by atoms with Gasteiger partial charge in [0.15, 0.2) is 0 Å². The van der Waals surface area contributed by atoms with Gasteiger partial charge in [0.2, 0.25) is 0 Å². The van der Waals surface area contributed by atoms with Gasteiger partial charge in [-0.05, 0) is 12.8 Å². The van der Waals surface area contributed by atoms with E-state index in [9.17, 15) is 0 Å². The quantitative estimate of drug-likeness (QED) is 0.520. The summed E-state index contributed by atoms with van der Waals surface area (Å²) in [7, 11) is 0. The second-order valence-electron chi connectivity index (χ2n) is 3.84. The Kier molecular flexibility index (Phi) is 16.8. The molecule has 0 aromatic heterocycles. The molecule has 0 aromatic carbocycles. The summed E-state index contributed by atoms with van der Waals surface area (Å²) in [4.78, 5) is 0. The highest BCUT2D eigenvalue weighted by Crippen LogP contribution is 1.91. The van der Waals surface area contributed by atoms with Gasteiger partial charge >= 0.3 is 0 Å². The molecular formula is C11H26O5. The van der Waals surface area contributed by atoms with Crippen molar-refractivity contribution in [3.05, 3.63) is 0 Å².